The second-order valence-electron chi connectivity index (χ2n) is 5.05. The van der Waals surface area contributed by atoms with Crippen molar-refractivity contribution in [1.82, 2.24) is 9.62 Å². The lowest BCUT2D eigenvalue weighted by Gasteiger charge is -2.21. The number of rotatable bonds is 8. The van der Waals surface area contributed by atoms with Crippen LogP contribution in [0.1, 0.15) is 19.8 Å². The zero-order chi connectivity index (χ0) is 17.6. The van der Waals surface area contributed by atoms with E-state index in [9.17, 15) is 18.0 Å². The molecule has 9 heteroatoms. The van der Waals surface area contributed by atoms with Gasteiger partial charge in [0, 0.05) is 25.0 Å². The minimum atomic E-state index is -3.84. The number of aliphatic carboxylic acids is 1. The van der Waals surface area contributed by atoms with Crippen LogP contribution in [0.4, 0.5) is 0 Å². The Morgan fingerprint density at radius 2 is 1.87 bits per heavy atom. The van der Waals surface area contributed by atoms with Gasteiger partial charge in [0.25, 0.3) is 0 Å². The van der Waals surface area contributed by atoms with Crippen molar-refractivity contribution < 1.29 is 23.1 Å². The predicted octanol–water partition coefficient (Wildman–Crippen LogP) is 1.33. The van der Waals surface area contributed by atoms with Gasteiger partial charge >= 0.3 is 5.97 Å². The van der Waals surface area contributed by atoms with Gasteiger partial charge in [-0.1, -0.05) is 11.6 Å². The molecule has 0 aliphatic carbocycles. The molecular weight excluding hydrogens is 344 g/mol. The highest BCUT2D eigenvalue weighted by Crippen LogP contribution is 2.14. The number of amides is 1. The number of nitrogens with one attached hydrogen (secondary N) is 1. The highest BCUT2D eigenvalue weighted by Gasteiger charge is 2.24. The minimum Gasteiger partial charge on any atom is -0.481 e. The van der Waals surface area contributed by atoms with Crippen molar-refractivity contribution in [1.29, 1.82) is 0 Å². The fourth-order valence-electron chi connectivity index (χ4n) is 1.87. The topological polar surface area (TPSA) is 104 Å². The van der Waals surface area contributed by atoms with Gasteiger partial charge in [0.15, 0.2) is 0 Å². The van der Waals surface area contributed by atoms with E-state index in [0.29, 0.717) is 11.4 Å². The molecule has 23 heavy (non-hydrogen) atoms. The average Bonchev–Trinajstić information content (AvgIpc) is 2.45. The number of hydrogen-bond donors (Lipinski definition) is 2. The van der Waals surface area contributed by atoms with E-state index in [2.05, 4.69) is 4.72 Å². The zero-order valence-electron chi connectivity index (χ0n) is 12.8. The van der Waals surface area contributed by atoms with Crippen molar-refractivity contribution in [3.8, 4) is 0 Å². The summed E-state index contributed by atoms with van der Waals surface area (Å²) in [5.41, 5.74) is 0. The van der Waals surface area contributed by atoms with Crippen LogP contribution < -0.4 is 4.72 Å². The Morgan fingerprint density at radius 3 is 2.39 bits per heavy atom. The van der Waals surface area contributed by atoms with Gasteiger partial charge in [-0.3, -0.25) is 9.59 Å². The largest absolute Gasteiger partial charge is 0.481 e. The summed E-state index contributed by atoms with van der Waals surface area (Å²) in [6, 6.07) is 4.61. The number of carboxylic acids is 1. The molecule has 2 N–H and O–H groups in total. The van der Waals surface area contributed by atoms with Crippen molar-refractivity contribution in [3.63, 3.8) is 0 Å². The number of likely N-dealkylation sites (N-methyl/N-ethyl adjacent to an activating group) is 1. The summed E-state index contributed by atoms with van der Waals surface area (Å²) in [6.07, 6.45) is 0.247. The molecule has 0 heterocycles. The fourth-order valence-corrected chi connectivity index (χ4v) is 3.20. The number of hydrogen-bond acceptors (Lipinski definition) is 4. The van der Waals surface area contributed by atoms with Crippen molar-refractivity contribution >= 4 is 33.5 Å². The van der Waals surface area contributed by atoms with E-state index in [-0.39, 0.29) is 17.9 Å². The summed E-state index contributed by atoms with van der Waals surface area (Å²) >= 11 is 5.71. The summed E-state index contributed by atoms with van der Waals surface area (Å²) < 4.78 is 26.7. The van der Waals surface area contributed by atoms with Crippen LogP contribution in [-0.2, 0) is 19.6 Å². The molecule has 0 spiro atoms. The van der Waals surface area contributed by atoms with Gasteiger partial charge in [-0.2, -0.15) is 4.72 Å². The smallest absolute Gasteiger partial charge is 0.303 e. The van der Waals surface area contributed by atoms with Gasteiger partial charge in [-0.05, 0) is 37.6 Å². The number of nitrogens with zero attached hydrogens (tertiary/aromatic N) is 1. The van der Waals surface area contributed by atoms with Crippen molar-refractivity contribution in [2.24, 2.45) is 0 Å². The first-order valence-electron chi connectivity index (χ1n) is 6.88. The Labute approximate surface area is 140 Å². The first kappa shape index (κ1) is 19.4. The lowest BCUT2D eigenvalue weighted by atomic mass is 10.2. The van der Waals surface area contributed by atoms with Crippen molar-refractivity contribution in [3.05, 3.63) is 29.3 Å². The quantitative estimate of drug-likeness (QED) is 0.726. The van der Waals surface area contributed by atoms with Crippen LogP contribution in [0, 0.1) is 0 Å². The number of halogens is 1. The molecule has 7 nitrogen and oxygen atoms in total. The average molecular weight is 363 g/mol. The monoisotopic (exact) mass is 362 g/mol. The van der Waals surface area contributed by atoms with Gasteiger partial charge in [-0.15, -0.1) is 0 Å². The SMILES string of the molecule is CC(NS(=O)(=O)c1ccc(Cl)cc1)C(=O)N(C)CCCC(=O)O. The maximum atomic E-state index is 12.2. The number of carbonyl (C=O) groups excluding carboxylic acids is 1. The van der Waals surface area contributed by atoms with Gasteiger partial charge in [-0.25, -0.2) is 8.42 Å². The molecule has 1 atom stereocenters. The van der Waals surface area contributed by atoms with Crippen LogP contribution in [0.25, 0.3) is 0 Å². The number of sulfonamides is 1. The second kappa shape index (κ2) is 8.28. The Hall–Kier alpha value is -1.64. The van der Waals surface area contributed by atoms with Crippen molar-refractivity contribution in [2.45, 2.75) is 30.7 Å². The molecule has 0 radical (unpaired) electrons. The molecule has 1 unspecified atom stereocenters. The summed E-state index contributed by atoms with van der Waals surface area (Å²) in [5.74, 6) is -1.38. The molecule has 0 aliphatic rings. The first-order chi connectivity index (χ1) is 10.6. The normalized spacial score (nSPS) is 12.7. The molecule has 1 aromatic rings. The molecule has 0 saturated carbocycles. The molecular formula is C14H19ClN2O5S. The number of carbonyl (C=O) groups is 2. The van der Waals surface area contributed by atoms with E-state index in [1.807, 2.05) is 0 Å². The van der Waals surface area contributed by atoms with E-state index in [1.54, 1.807) is 0 Å². The Balaban J connectivity index is 2.66. The van der Waals surface area contributed by atoms with E-state index < -0.39 is 27.9 Å². The molecule has 1 rings (SSSR count). The standard InChI is InChI=1S/C14H19ClN2O5S/c1-10(14(20)17(2)9-3-4-13(18)19)16-23(21,22)12-7-5-11(15)6-8-12/h5-8,10,16H,3-4,9H2,1-2H3,(H,18,19). The fraction of sp³-hybridized carbons (Fsp3) is 0.429. The van der Waals surface area contributed by atoms with E-state index in [1.165, 1.54) is 43.1 Å². The molecule has 1 aromatic carbocycles. The summed E-state index contributed by atoms with van der Waals surface area (Å²) in [5, 5.41) is 8.98. The van der Waals surface area contributed by atoms with E-state index >= 15 is 0 Å². The van der Waals surface area contributed by atoms with Gasteiger partial charge < -0.3 is 10.0 Å². The molecule has 0 bridgehead atoms. The van der Waals surface area contributed by atoms with Crippen LogP contribution in [0.15, 0.2) is 29.2 Å². The van der Waals surface area contributed by atoms with Gasteiger partial charge in [0.2, 0.25) is 15.9 Å². The maximum Gasteiger partial charge on any atom is 0.303 e. The zero-order valence-corrected chi connectivity index (χ0v) is 14.4. The summed E-state index contributed by atoms with van der Waals surface area (Å²) in [7, 11) is -2.34. The third-order valence-corrected chi connectivity index (χ3v) is 4.90. The van der Waals surface area contributed by atoms with Crippen molar-refractivity contribution in [2.75, 3.05) is 13.6 Å². The van der Waals surface area contributed by atoms with E-state index in [4.69, 9.17) is 16.7 Å². The Morgan fingerprint density at radius 1 is 1.30 bits per heavy atom. The molecule has 128 valence electrons. The molecule has 1 amide bonds. The van der Waals surface area contributed by atoms with Crippen LogP contribution in [0.3, 0.4) is 0 Å². The Kier molecular flexibility index (Phi) is 6.99. The molecule has 0 aliphatic heterocycles. The number of carboxylic acid groups (broad SMARTS) is 1. The molecule has 0 fully saturated rings. The maximum absolute atomic E-state index is 12.2. The minimum absolute atomic E-state index is 0.00933. The van der Waals surface area contributed by atoms with Crippen LogP contribution in [-0.4, -0.2) is 49.9 Å². The van der Waals surface area contributed by atoms with Crippen LogP contribution in [0.2, 0.25) is 5.02 Å². The number of benzene rings is 1. The molecule has 0 saturated heterocycles. The van der Waals surface area contributed by atoms with Crippen LogP contribution >= 0.6 is 11.6 Å². The second-order valence-corrected chi connectivity index (χ2v) is 7.20. The van der Waals surface area contributed by atoms with Crippen LogP contribution in [0.5, 0.6) is 0 Å². The van der Waals surface area contributed by atoms with Gasteiger partial charge in [0.05, 0.1) is 10.9 Å². The highest BCUT2D eigenvalue weighted by atomic mass is 35.5. The summed E-state index contributed by atoms with van der Waals surface area (Å²) in [4.78, 5) is 23.9. The third kappa shape index (κ3) is 6.17. The summed E-state index contributed by atoms with van der Waals surface area (Å²) in [6.45, 7) is 1.67. The third-order valence-electron chi connectivity index (χ3n) is 3.09. The lowest BCUT2D eigenvalue weighted by Crippen LogP contribution is -2.45. The predicted molar refractivity (Wildman–Crippen MR) is 85.7 cm³/mol. The Bertz CT molecular complexity index is 660. The molecule has 0 aromatic heterocycles. The lowest BCUT2D eigenvalue weighted by molar-refractivity contribution is -0.138. The van der Waals surface area contributed by atoms with Gasteiger partial charge in [0.1, 0.15) is 0 Å². The highest BCUT2D eigenvalue weighted by molar-refractivity contribution is 7.89. The first-order valence-corrected chi connectivity index (χ1v) is 8.74. The van der Waals surface area contributed by atoms with E-state index in [0.717, 1.165) is 0 Å².